The maximum absolute atomic E-state index is 11.9. The van der Waals surface area contributed by atoms with Gasteiger partial charge in [0, 0.05) is 23.1 Å². The van der Waals surface area contributed by atoms with E-state index < -0.39 is 0 Å². The first-order valence-electron chi connectivity index (χ1n) is 6.50. The van der Waals surface area contributed by atoms with Crippen LogP contribution >= 0.6 is 23.4 Å². The molecular weight excluding hydrogens is 306 g/mol. The Morgan fingerprint density at radius 3 is 2.67 bits per heavy atom. The van der Waals surface area contributed by atoms with Gasteiger partial charge < -0.3 is 10.1 Å². The fourth-order valence-corrected chi connectivity index (χ4v) is 2.81. The molecule has 110 valence electrons. The van der Waals surface area contributed by atoms with E-state index in [0.29, 0.717) is 22.9 Å². The Labute approximate surface area is 133 Å². The van der Waals surface area contributed by atoms with Crippen molar-refractivity contribution < 1.29 is 9.53 Å². The minimum Gasteiger partial charge on any atom is -0.497 e. The third-order valence-corrected chi connectivity index (χ3v) is 4.12. The Balaban J connectivity index is 1.82. The SMILES string of the molecule is COc1ccc(NC(=O)CCSc2ccccc2)c(Cl)c1. The first-order valence-corrected chi connectivity index (χ1v) is 7.86. The molecular formula is C16H16ClNO2S. The number of hydrogen-bond donors (Lipinski definition) is 1. The first kappa shape index (κ1) is 15.7. The molecule has 0 aromatic heterocycles. The maximum Gasteiger partial charge on any atom is 0.225 e. The van der Waals surface area contributed by atoms with Crippen LogP contribution in [0.2, 0.25) is 5.02 Å². The molecule has 0 bridgehead atoms. The number of ether oxygens (including phenoxy) is 1. The molecule has 1 N–H and O–H groups in total. The van der Waals surface area contributed by atoms with Crippen LogP contribution in [-0.2, 0) is 4.79 Å². The summed E-state index contributed by atoms with van der Waals surface area (Å²) in [4.78, 5) is 13.1. The van der Waals surface area contributed by atoms with Crippen molar-refractivity contribution in [1.29, 1.82) is 0 Å². The van der Waals surface area contributed by atoms with Gasteiger partial charge in [-0.25, -0.2) is 0 Å². The summed E-state index contributed by atoms with van der Waals surface area (Å²) in [6.45, 7) is 0. The number of benzene rings is 2. The van der Waals surface area contributed by atoms with Gasteiger partial charge >= 0.3 is 0 Å². The van der Waals surface area contributed by atoms with Gasteiger partial charge in [-0.15, -0.1) is 11.8 Å². The number of rotatable bonds is 6. The second kappa shape index (κ2) is 7.96. The van der Waals surface area contributed by atoms with E-state index in [1.807, 2.05) is 30.3 Å². The Hall–Kier alpha value is -1.65. The van der Waals surface area contributed by atoms with Gasteiger partial charge in [0.15, 0.2) is 0 Å². The van der Waals surface area contributed by atoms with Crippen LogP contribution in [0.5, 0.6) is 5.75 Å². The number of amides is 1. The van der Waals surface area contributed by atoms with Gasteiger partial charge in [-0.1, -0.05) is 29.8 Å². The number of anilines is 1. The van der Waals surface area contributed by atoms with Crippen LogP contribution in [0.3, 0.4) is 0 Å². The van der Waals surface area contributed by atoms with Gasteiger partial charge in [0.25, 0.3) is 0 Å². The largest absolute Gasteiger partial charge is 0.497 e. The summed E-state index contributed by atoms with van der Waals surface area (Å²) in [5.74, 6) is 1.34. The number of hydrogen-bond acceptors (Lipinski definition) is 3. The Kier molecular flexibility index (Phi) is 5.96. The standard InChI is InChI=1S/C16H16ClNO2S/c1-20-12-7-8-15(14(17)11-12)18-16(19)9-10-21-13-5-3-2-4-6-13/h2-8,11H,9-10H2,1H3,(H,18,19). The molecule has 1 amide bonds. The molecule has 0 saturated carbocycles. The van der Waals surface area contributed by atoms with E-state index in [-0.39, 0.29) is 5.91 Å². The molecule has 2 aromatic rings. The molecule has 5 heteroatoms. The van der Waals surface area contributed by atoms with Crippen LogP contribution in [0.15, 0.2) is 53.4 Å². The van der Waals surface area contributed by atoms with Gasteiger partial charge in [-0.05, 0) is 24.3 Å². The predicted molar refractivity (Wildman–Crippen MR) is 88.4 cm³/mol. The molecule has 0 aliphatic carbocycles. The molecule has 21 heavy (non-hydrogen) atoms. The molecule has 0 spiro atoms. The smallest absolute Gasteiger partial charge is 0.225 e. The summed E-state index contributed by atoms with van der Waals surface area (Å²) in [6, 6.07) is 15.2. The zero-order chi connectivity index (χ0) is 15.1. The number of thioether (sulfide) groups is 1. The van der Waals surface area contributed by atoms with Crippen LogP contribution in [0.1, 0.15) is 6.42 Å². The third-order valence-electron chi connectivity index (χ3n) is 2.79. The van der Waals surface area contributed by atoms with E-state index in [9.17, 15) is 4.79 Å². The van der Waals surface area contributed by atoms with Crippen LogP contribution in [0.25, 0.3) is 0 Å². The molecule has 0 radical (unpaired) electrons. The monoisotopic (exact) mass is 321 g/mol. The molecule has 0 unspecified atom stereocenters. The molecule has 0 fully saturated rings. The number of carbonyl (C=O) groups excluding carboxylic acids is 1. The second-order valence-corrected chi connectivity index (χ2v) is 5.88. The fraction of sp³-hybridized carbons (Fsp3) is 0.188. The Bertz CT molecular complexity index is 604. The molecule has 2 aromatic carbocycles. The lowest BCUT2D eigenvalue weighted by atomic mass is 10.3. The van der Waals surface area contributed by atoms with E-state index >= 15 is 0 Å². The highest BCUT2D eigenvalue weighted by Gasteiger charge is 2.07. The average molecular weight is 322 g/mol. The van der Waals surface area contributed by atoms with Crippen LogP contribution in [-0.4, -0.2) is 18.8 Å². The molecule has 0 aliphatic heterocycles. The zero-order valence-electron chi connectivity index (χ0n) is 11.6. The van der Waals surface area contributed by atoms with Crippen molar-refractivity contribution in [1.82, 2.24) is 0 Å². The summed E-state index contributed by atoms with van der Waals surface area (Å²) in [7, 11) is 1.57. The van der Waals surface area contributed by atoms with Gasteiger partial charge in [0.1, 0.15) is 5.75 Å². The molecule has 0 heterocycles. The van der Waals surface area contributed by atoms with E-state index in [1.165, 1.54) is 0 Å². The lowest BCUT2D eigenvalue weighted by molar-refractivity contribution is -0.115. The van der Waals surface area contributed by atoms with Crippen LogP contribution in [0, 0.1) is 0 Å². The molecule has 0 aliphatic rings. The minimum atomic E-state index is -0.0505. The van der Waals surface area contributed by atoms with E-state index in [1.54, 1.807) is 37.1 Å². The molecule has 0 saturated heterocycles. The van der Waals surface area contributed by atoms with E-state index in [4.69, 9.17) is 16.3 Å². The minimum absolute atomic E-state index is 0.0505. The highest BCUT2D eigenvalue weighted by atomic mass is 35.5. The van der Waals surface area contributed by atoms with E-state index in [2.05, 4.69) is 5.32 Å². The Morgan fingerprint density at radius 2 is 2.00 bits per heavy atom. The molecule has 2 rings (SSSR count). The number of carbonyl (C=O) groups is 1. The van der Waals surface area contributed by atoms with Crippen LogP contribution < -0.4 is 10.1 Å². The zero-order valence-corrected chi connectivity index (χ0v) is 13.2. The lowest BCUT2D eigenvalue weighted by Crippen LogP contribution is -2.12. The van der Waals surface area contributed by atoms with Gasteiger partial charge in [-0.2, -0.15) is 0 Å². The van der Waals surface area contributed by atoms with E-state index in [0.717, 1.165) is 10.6 Å². The highest BCUT2D eigenvalue weighted by molar-refractivity contribution is 7.99. The summed E-state index contributed by atoms with van der Waals surface area (Å²) in [5, 5.41) is 3.28. The van der Waals surface area contributed by atoms with Crippen molar-refractivity contribution in [3.8, 4) is 5.75 Å². The summed E-state index contributed by atoms with van der Waals surface area (Å²) >= 11 is 7.74. The van der Waals surface area contributed by atoms with Gasteiger partial charge in [0.2, 0.25) is 5.91 Å². The quantitative estimate of drug-likeness (QED) is 0.798. The maximum atomic E-state index is 11.9. The summed E-state index contributed by atoms with van der Waals surface area (Å²) in [6.07, 6.45) is 0.432. The predicted octanol–water partition coefficient (Wildman–Crippen LogP) is 4.47. The third kappa shape index (κ3) is 4.99. The number of halogens is 1. The normalized spacial score (nSPS) is 10.2. The van der Waals surface area contributed by atoms with Crippen molar-refractivity contribution >= 4 is 35.0 Å². The van der Waals surface area contributed by atoms with Crippen molar-refractivity contribution in [2.45, 2.75) is 11.3 Å². The molecule has 3 nitrogen and oxygen atoms in total. The average Bonchev–Trinajstić information content (AvgIpc) is 2.50. The first-order chi connectivity index (χ1) is 10.2. The fourth-order valence-electron chi connectivity index (χ4n) is 1.72. The van der Waals surface area contributed by atoms with Crippen molar-refractivity contribution in [3.63, 3.8) is 0 Å². The Morgan fingerprint density at radius 1 is 1.24 bits per heavy atom. The second-order valence-electron chi connectivity index (χ2n) is 4.31. The number of methoxy groups -OCH3 is 1. The number of nitrogens with one attached hydrogen (secondary N) is 1. The topological polar surface area (TPSA) is 38.3 Å². The lowest BCUT2D eigenvalue weighted by Gasteiger charge is -2.08. The van der Waals surface area contributed by atoms with Crippen molar-refractivity contribution in [3.05, 3.63) is 53.6 Å². The van der Waals surface area contributed by atoms with Crippen molar-refractivity contribution in [2.75, 3.05) is 18.2 Å². The van der Waals surface area contributed by atoms with Gasteiger partial charge in [0.05, 0.1) is 17.8 Å². The molecule has 0 atom stereocenters. The highest BCUT2D eigenvalue weighted by Crippen LogP contribution is 2.27. The summed E-state index contributed by atoms with van der Waals surface area (Å²) < 4.78 is 5.07. The van der Waals surface area contributed by atoms with Gasteiger partial charge in [-0.3, -0.25) is 4.79 Å². The van der Waals surface area contributed by atoms with Crippen LogP contribution in [0.4, 0.5) is 5.69 Å². The summed E-state index contributed by atoms with van der Waals surface area (Å²) in [5.41, 5.74) is 0.604. The van der Waals surface area contributed by atoms with Crippen molar-refractivity contribution in [2.24, 2.45) is 0 Å².